The number of carbonyl (C=O) groups excluding carboxylic acids is 1. The second-order valence-electron chi connectivity index (χ2n) is 6.59. The van der Waals surface area contributed by atoms with Crippen molar-refractivity contribution in [3.8, 4) is 23.0 Å². The van der Waals surface area contributed by atoms with Crippen LogP contribution >= 0.6 is 0 Å². The zero-order valence-electron chi connectivity index (χ0n) is 16.9. The Morgan fingerprint density at radius 2 is 1.74 bits per heavy atom. The third-order valence-corrected chi connectivity index (χ3v) is 6.71. The first-order chi connectivity index (χ1) is 14.8. The van der Waals surface area contributed by atoms with Crippen LogP contribution in [0.4, 0.5) is 0 Å². The maximum absolute atomic E-state index is 13.5. The standard InChI is InChI=1S/C20H19NO9S/c1-26-14-7-12-17(8-15(14)27-2)31(24,25)21(18(19(12)22)20(23)28-3)9-11-4-5-13-16(6-11)30-10-29-13/h4-8,22H,9-10H2,1-3H3. The van der Waals surface area contributed by atoms with Gasteiger partial charge in [0.1, 0.15) is 4.90 Å². The lowest BCUT2D eigenvalue weighted by Crippen LogP contribution is -2.38. The Kier molecular flexibility index (Phi) is 5.05. The number of sulfonamides is 1. The molecular weight excluding hydrogens is 430 g/mol. The van der Waals surface area contributed by atoms with Crippen molar-refractivity contribution in [2.75, 3.05) is 28.1 Å². The summed E-state index contributed by atoms with van der Waals surface area (Å²) in [4.78, 5) is 12.3. The molecule has 1 N–H and O–H groups in total. The van der Waals surface area contributed by atoms with E-state index in [1.807, 2.05) is 0 Å². The van der Waals surface area contributed by atoms with Crippen molar-refractivity contribution in [1.82, 2.24) is 4.31 Å². The maximum Gasteiger partial charge on any atom is 0.359 e. The Bertz CT molecular complexity index is 1200. The number of carbonyl (C=O) groups is 1. The molecule has 2 heterocycles. The molecule has 2 aliphatic rings. The van der Waals surface area contributed by atoms with Crippen molar-refractivity contribution in [3.63, 3.8) is 0 Å². The van der Waals surface area contributed by atoms with E-state index in [9.17, 15) is 18.3 Å². The summed E-state index contributed by atoms with van der Waals surface area (Å²) in [5.41, 5.74) is -0.106. The first-order valence-electron chi connectivity index (χ1n) is 9.01. The molecule has 0 saturated heterocycles. The van der Waals surface area contributed by atoms with Crippen molar-refractivity contribution in [2.24, 2.45) is 0 Å². The Balaban J connectivity index is 1.89. The van der Waals surface area contributed by atoms with Crippen LogP contribution in [-0.2, 0) is 26.1 Å². The predicted octanol–water partition coefficient (Wildman–Crippen LogP) is 2.04. The van der Waals surface area contributed by atoms with Crippen LogP contribution in [0.15, 0.2) is 40.9 Å². The summed E-state index contributed by atoms with van der Waals surface area (Å²) in [6, 6.07) is 7.41. The molecule has 0 fully saturated rings. The summed E-state index contributed by atoms with van der Waals surface area (Å²) in [5.74, 6) is -0.246. The van der Waals surface area contributed by atoms with E-state index in [1.165, 1.54) is 26.4 Å². The molecule has 0 radical (unpaired) electrons. The fraction of sp³-hybridized carbons (Fsp3) is 0.250. The molecule has 0 unspecified atom stereocenters. The topological polar surface area (TPSA) is 121 Å². The van der Waals surface area contributed by atoms with Crippen LogP contribution in [0.25, 0.3) is 5.76 Å². The molecule has 164 valence electrons. The predicted molar refractivity (Wildman–Crippen MR) is 106 cm³/mol. The molecule has 0 saturated carbocycles. The van der Waals surface area contributed by atoms with E-state index < -0.39 is 27.4 Å². The molecule has 0 atom stereocenters. The summed E-state index contributed by atoms with van der Waals surface area (Å²) >= 11 is 0. The van der Waals surface area contributed by atoms with Crippen LogP contribution in [-0.4, -0.2) is 51.9 Å². The monoisotopic (exact) mass is 449 g/mol. The molecule has 31 heavy (non-hydrogen) atoms. The number of methoxy groups -OCH3 is 3. The van der Waals surface area contributed by atoms with Gasteiger partial charge in [-0.25, -0.2) is 13.2 Å². The molecule has 0 aliphatic carbocycles. The highest BCUT2D eigenvalue weighted by molar-refractivity contribution is 7.89. The van der Waals surface area contributed by atoms with E-state index in [2.05, 4.69) is 0 Å². The zero-order valence-corrected chi connectivity index (χ0v) is 17.7. The van der Waals surface area contributed by atoms with Crippen LogP contribution in [0, 0.1) is 0 Å². The number of hydrogen-bond acceptors (Lipinski definition) is 9. The van der Waals surface area contributed by atoms with Gasteiger partial charge in [-0.1, -0.05) is 6.07 Å². The highest BCUT2D eigenvalue weighted by atomic mass is 32.2. The molecule has 0 aromatic heterocycles. The smallest absolute Gasteiger partial charge is 0.359 e. The number of fused-ring (bicyclic) bond motifs is 2. The summed E-state index contributed by atoms with van der Waals surface area (Å²) in [5, 5.41) is 10.9. The fourth-order valence-corrected chi connectivity index (χ4v) is 5.06. The highest BCUT2D eigenvalue weighted by Crippen LogP contribution is 2.43. The van der Waals surface area contributed by atoms with E-state index in [1.54, 1.807) is 18.2 Å². The van der Waals surface area contributed by atoms with Crippen molar-refractivity contribution in [3.05, 3.63) is 47.2 Å². The van der Waals surface area contributed by atoms with Gasteiger partial charge in [-0.05, 0) is 23.8 Å². The van der Waals surface area contributed by atoms with E-state index in [4.69, 9.17) is 23.7 Å². The fourth-order valence-electron chi connectivity index (χ4n) is 3.41. The first kappa shape index (κ1) is 20.7. The molecule has 11 heteroatoms. The van der Waals surface area contributed by atoms with Gasteiger partial charge >= 0.3 is 5.97 Å². The number of benzene rings is 2. The number of aliphatic hydroxyl groups excluding tert-OH is 1. The Morgan fingerprint density at radius 3 is 2.42 bits per heavy atom. The van der Waals surface area contributed by atoms with Gasteiger partial charge in [0.05, 0.1) is 27.9 Å². The van der Waals surface area contributed by atoms with E-state index >= 15 is 0 Å². The molecular formula is C20H19NO9S. The zero-order chi connectivity index (χ0) is 22.3. The molecule has 0 bridgehead atoms. The SMILES string of the molecule is COC(=O)C1=C(O)c2cc(OC)c(OC)cc2S(=O)(=O)N1Cc1ccc2c(c1)OCO2. The second kappa shape index (κ2) is 7.58. The highest BCUT2D eigenvalue weighted by Gasteiger charge is 2.42. The molecule has 2 aliphatic heterocycles. The summed E-state index contributed by atoms with van der Waals surface area (Å²) in [6.45, 7) is -0.203. The Hall–Kier alpha value is -3.60. The van der Waals surface area contributed by atoms with Crippen LogP contribution in [0.3, 0.4) is 0 Å². The van der Waals surface area contributed by atoms with Crippen molar-refractivity contribution < 1.29 is 42.0 Å². The minimum Gasteiger partial charge on any atom is -0.505 e. The van der Waals surface area contributed by atoms with E-state index in [0.29, 0.717) is 17.1 Å². The van der Waals surface area contributed by atoms with Gasteiger partial charge in [0.15, 0.2) is 34.5 Å². The molecule has 10 nitrogen and oxygen atoms in total. The lowest BCUT2D eigenvalue weighted by Gasteiger charge is -2.31. The minimum absolute atomic E-state index is 0.0594. The Labute approximate surface area is 178 Å². The van der Waals surface area contributed by atoms with Gasteiger partial charge in [0, 0.05) is 11.6 Å². The van der Waals surface area contributed by atoms with Crippen LogP contribution in [0.2, 0.25) is 0 Å². The summed E-state index contributed by atoms with van der Waals surface area (Å²) in [7, 11) is -0.456. The normalized spacial score (nSPS) is 16.0. The lowest BCUT2D eigenvalue weighted by atomic mass is 10.1. The van der Waals surface area contributed by atoms with Crippen molar-refractivity contribution in [2.45, 2.75) is 11.4 Å². The minimum atomic E-state index is -4.28. The number of hydrogen-bond donors (Lipinski definition) is 1. The molecule has 2 aromatic rings. The van der Waals surface area contributed by atoms with Gasteiger partial charge in [0.2, 0.25) is 6.79 Å². The number of rotatable bonds is 5. The lowest BCUT2D eigenvalue weighted by molar-refractivity contribution is -0.137. The molecule has 4 rings (SSSR count). The third kappa shape index (κ3) is 3.26. The van der Waals surface area contributed by atoms with Crippen molar-refractivity contribution in [1.29, 1.82) is 0 Å². The average Bonchev–Trinajstić information content (AvgIpc) is 3.24. The van der Waals surface area contributed by atoms with Crippen molar-refractivity contribution >= 4 is 21.8 Å². The summed E-state index contributed by atoms with van der Waals surface area (Å²) < 4.78 is 53.6. The second-order valence-corrected chi connectivity index (χ2v) is 8.42. The average molecular weight is 449 g/mol. The Morgan fingerprint density at radius 1 is 1.06 bits per heavy atom. The molecule has 0 amide bonds. The third-order valence-electron chi connectivity index (χ3n) is 4.92. The first-order valence-corrected chi connectivity index (χ1v) is 10.4. The summed E-state index contributed by atoms with van der Waals surface area (Å²) in [6.07, 6.45) is 0. The number of aliphatic hydroxyl groups is 1. The van der Waals surface area contributed by atoms with E-state index in [0.717, 1.165) is 11.4 Å². The van der Waals surface area contributed by atoms with Gasteiger partial charge < -0.3 is 28.8 Å². The molecule has 2 aromatic carbocycles. The van der Waals surface area contributed by atoms with Gasteiger partial charge in [0.25, 0.3) is 10.0 Å². The molecule has 0 spiro atoms. The van der Waals surface area contributed by atoms with Gasteiger partial charge in [-0.15, -0.1) is 0 Å². The number of esters is 1. The quantitative estimate of drug-likeness (QED) is 0.684. The van der Waals surface area contributed by atoms with Crippen LogP contribution < -0.4 is 18.9 Å². The van der Waals surface area contributed by atoms with Gasteiger partial charge in [-0.2, -0.15) is 0 Å². The van der Waals surface area contributed by atoms with Crippen LogP contribution in [0.1, 0.15) is 11.1 Å². The number of ether oxygens (including phenoxy) is 5. The number of nitrogens with zero attached hydrogens (tertiary/aromatic N) is 1. The van der Waals surface area contributed by atoms with Crippen LogP contribution in [0.5, 0.6) is 23.0 Å². The van der Waals surface area contributed by atoms with E-state index in [-0.39, 0.29) is 35.3 Å². The maximum atomic E-state index is 13.5. The largest absolute Gasteiger partial charge is 0.505 e. The van der Waals surface area contributed by atoms with Gasteiger partial charge in [-0.3, -0.25) is 4.31 Å².